The normalized spacial score (nSPS) is 28.7. The van der Waals surface area contributed by atoms with Gasteiger partial charge in [0.15, 0.2) is 0 Å². The Morgan fingerprint density at radius 3 is 2.12 bits per heavy atom. The van der Waals surface area contributed by atoms with Crippen LogP contribution < -0.4 is 11.2 Å². The van der Waals surface area contributed by atoms with Gasteiger partial charge in [-0.2, -0.15) is 5.48 Å². The summed E-state index contributed by atoms with van der Waals surface area (Å²) in [6, 6.07) is -0.880. The van der Waals surface area contributed by atoms with Crippen LogP contribution in [0.3, 0.4) is 0 Å². The molecule has 0 radical (unpaired) electrons. The number of rotatable bonds is 19. The minimum atomic E-state index is -1.45. The average molecular weight is 477 g/mol. The summed E-state index contributed by atoms with van der Waals surface area (Å²) in [6.45, 7) is 4.27. The Morgan fingerprint density at radius 2 is 1.55 bits per heavy atom. The molecular weight excluding hydrogens is 428 g/mol. The fourth-order valence-corrected chi connectivity index (χ4v) is 4.24. The third-order valence-electron chi connectivity index (χ3n) is 6.48. The van der Waals surface area contributed by atoms with Crippen LogP contribution >= 0.6 is 0 Å². The van der Waals surface area contributed by atoms with Gasteiger partial charge in [-0.3, -0.25) is 9.63 Å². The molecule has 0 amide bonds. The molecule has 1 aliphatic rings. The van der Waals surface area contributed by atoms with E-state index in [1.807, 2.05) is 0 Å². The second-order valence-electron chi connectivity index (χ2n) is 9.43. The number of carboxylic acid groups (broad SMARTS) is 1. The van der Waals surface area contributed by atoms with Gasteiger partial charge in [-0.05, 0) is 32.6 Å². The SMILES string of the molecule is CCCCCCCCCCCC[C@@]1(ONCCCC[C@H](N)C(=O)O)O[C@H](C)[C@@H](O)[C@H](O)[C@H]1O. The van der Waals surface area contributed by atoms with Crippen LogP contribution in [0.5, 0.6) is 0 Å². The van der Waals surface area contributed by atoms with E-state index in [9.17, 15) is 20.1 Å². The lowest BCUT2D eigenvalue weighted by Crippen LogP contribution is -2.65. The van der Waals surface area contributed by atoms with Gasteiger partial charge in [0, 0.05) is 13.0 Å². The van der Waals surface area contributed by atoms with E-state index in [-0.39, 0.29) is 0 Å². The minimum absolute atomic E-state index is 0.363. The zero-order chi connectivity index (χ0) is 24.7. The van der Waals surface area contributed by atoms with Crippen molar-refractivity contribution in [2.45, 2.75) is 140 Å². The van der Waals surface area contributed by atoms with Gasteiger partial charge in [0.1, 0.15) is 24.4 Å². The molecule has 1 rings (SSSR count). The Labute approximate surface area is 199 Å². The number of hydrogen-bond donors (Lipinski definition) is 6. The number of nitrogens with one attached hydrogen (secondary N) is 1. The number of aliphatic hydroxyl groups excluding tert-OH is 3. The summed E-state index contributed by atoms with van der Waals surface area (Å²) >= 11 is 0. The second-order valence-corrected chi connectivity index (χ2v) is 9.43. The first kappa shape index (κ1) is 30.2. The summed E-state index contributed by atoms with van der Waals surface area (Å²) in [5.41, 5.74) is 8.31. The summed E-state index contributed by atoms with van der Waals surface area (Å²) in [6.07, 6.45) is 9.05. The van der Waals surface area contributed by atoms with Crippen molar-refractivity contribution in [2.24, 2.45) is 5.73 Å². The number of nitrogens with two attached hydrogens (primary N) is 1. The molecule has 0 aromatic heterocycles. The molecule has 0 spiro atoms. The maximum Gasteiger partial charge on any atom is 0.320 e. The molecule has 1 fully saturated rings. The van der Waals surface area contributed by atoms with Crippen LogP contribution in [0.25, 0.3) is 0 Å². The smallest absolute Gasteiger partial charge is 0.320 e. The van der Waals surface area contributed by atoms with E-state index in [0.29, 0.717) is 32.2 Å². The van der Waals surface area contributed by atoms with Crippen LogP contribution in [0.1, 0.15) is 104 Å². The number of carboxylic acids is 1. The number of aliphatic hydroxyl groups is 3. The quantitative estimate of drug-likeness (QED) is 0.122. The molecule has 1 saturated heterocycles. The van der Waals surface area contributed by atoms with Crippen molar-refractivity contribution in [3.05, 3.63) is 0 Å². The molecule has 7 N–H and O–H groups in total. The van der Waals surface area contributed by atoms with Crippen molar-refractivity contribution in [1.82, 2.24) is 5.48 Å². The summed E-state index contributed by atoms with van der Waals surface area (Å²) < 4.78 is 5.89. The molecule has 0 aromatic rings. The molecular formula is C24H48N2O7. The number of ether oxygens (including phenoxy) is 1. The van der Waals surface area contributed by atoms with E-state index in [4.69, 9.17) is 20.4 Å². The Hall–Kier alpha value is -0.810. The summed E-state index contributed by atoms with van der Waals surface area (Å²) in [5, 5.41) is 39.9. The predicted octanol–water partition coefficient (Wildman–Crippen LogP) is 2.60. The van der Waals surface area contributed by atoms with Crippen LogP contribution in [-0.2, 0) is 14.4 Å². The Kier molecular flexibility index (Phi) is 15.3. The standard InChI is InChI=1S/C24H48N2O7/c1-3-4-5-6-7-8-9-10-11-13-16-24(22(29)21(28)20(27)18(2)32-24)33-26-17-14-12-15-19(25)23(30)31/h18-22,26-29H,3-17,25H2,1-2H3,(H,30,31)/t18-,19+,20-,21+,22-,24+/m1/s1. The monoisotopic (exact) mass is 476 g/mol. The van der Waals surface area contributed by atoms with E-state index in [0.717, 1.165) is 19.3 Å². The van der Waals surface area contributed by atoms with Crippen LogP contribution in [0.2, 0.25) is 0 Å². The van der Waals surface area contributed by atoms with Crippen molar-refractivity contribution in [3.63, 3.8) is 0 Å². The van der Waals surface area contributed by atoms with Crippen LogP contribution in [0.15, 0.2) is 0 Å². The topological polar surface area (TPSA) is 154 Å². The fraction of sp³-hybridized carbons (Fsp3) is 0.958. The van der Waals surface area contributed by atoms with Crippen molar-refractivity contribution < 1.29 is 34.8 Å². The van der Waals surface area contributed by atoms with Crippen molar-refractivity contribution in [3.8, 4) is 0 Å². The molecule has 9 heteroatoms. The highest BCUT2D eigenvalue weighted by atomic mass is 16.8. The maximum atomic E-state index is 10.8. The molecule has 196 valence electrons. The van der Waals surface area contributed by atoms with Crippen LogP contribution in [0, 0.1) is 0 Å². The minimum Gasteiger partial charge on any atom is -0.480 e. The van der Waals surface area contributed by atoms with Gasteiger partial charge in [-0.25, -0.2) is 0 Å². The lowest BCUT2D eigenvalue weighted by molar-refractivity contribution is -0.377. The van der Waals surface area contributed by atoms with E-state index in [1.54, 1.807) is 6.92 Å². The molecule has 0 aliphatic carbocycles. The number of hydroxylamine groups is 1. The number of unbranched alkanes of at least 4 members (excludes halogenated alkanes) is 10. The van der Waals surface area contributed by atoms with E-state index in [1.165, 1.54) is 44.9 Å². The van der Waals surface area contributed by atoms with Gasteiger partial charge in [0.25, 0.3) is 0 Å². The molecule has 6 atom stereocenters. The molecule has 0 saturated carbocycles. The summed E-state index contributed by atoms with van der Waals surface area (Å²) in [7, 11) is 0. The average Bonchev–Trinajstić information content (AvgIpc) is 2.79. The number of aliphatic carboxylic acids is 1. The maximum absolute atomic E-state index is 10.8. The first-order valence-electron chi connectivity index (χ1n) is 12.9. The molecule has 0 unspecified atom stereocenters. The molecule has 1 aliphatic heterocycles. The lowest BCUT2D eigenvalue weighted by Gasteiger charge is -2.47. The van der Waals surface area contributed by atoms with Crippen molar-refractivity contribution in [2.75, 3.05) is 6.54 Å². The number of hydrogen-bond acceptors (Lipinski definition) is 8. The highest BCUT2D eigenvalue weighted by Gasteiger charge is 2.53. The Morgan fingerprint density at radius 1 is 0.970 bits per heavy atom. The predicted molar refractivity (Wildman–Crippen MR) is 126 cm³/mol. The highest BCUT2D eigenvalue weighted by Crippen LogP contribution is 2.35. The number of carbonyl (C=O) groups is 1. The van der Waals surface area contributed by atoms with Crippen molar-refractivity contribution in [1.29, 1.82) is 0 Å². The van der Waals surface area contributed by atoms with Gasteiger partial charge >= 0.3 is 5.97 Å². The second kappa shape index (κ2) is 16.8. The summed E-state index contributed by atoms with van der Waals surface area (Å²) in [5.74, 6) is -2.47. The van der Waals surface area contributed by atoms with E-state index >= 15 is 0 Å². The first-order chi connectivity index (χ1) is 15.7. The fourth-order valence-electron chi connectivity index (χ4n) is 4.24. The Balaban J connectivity index is 2.43. The van der Waals surface area contributed by atoms with Gasteiger partial charge in [0.2, 0.25) is 5.79 Å². The van der Waals surface area contributed by atoms with Gasteiger partial charge < -0.3 is 30.9 Å². The largest absolute Gasteiger partial charge is 0.480 e. The van der Waals surface area contributed by atoms with E-state index in [2.05, 4.69) is 12.4 Å². The Bertz CT molecular complexity index is 525. The summed E-state index contributed by atoms with van der Waals surface area (Å²) in [4.78, 5) is 16.5. The molecule has 9 nitrogen and oxygen atoms in total. The molecule has 33 heavy (non-hydrogen) atoms. The van der Waals surface area contributed by atoms with E-state index < -0.39 is 42.2 Å². The van der Waals surface area contributed by atoms with Crippen molar-refractivity contribution >= 4 is 5.97 Å². The van der Waals surface area contributed by atoms with Gasteiger partial charge in [-0.15, -0.1) is 0 Å². The van der Waals surface area contributed by atoms with Crippen LogP contribution in [0.4, 0.5) is 0 Å². The van der Waals surface area contributed by atoms with Gasteiger partial charge in [-0.1, -0.05) is 64.7 Å². The third kappa shape index (κ3) is 11.0. The molecule has 0 aromatic carbocycles. The first-order valence-corrected chi connectivity index (χ1v) is 12.9. The zero-order valence-electron chi connectivity index (χ0n) is 20.6. The zero-order valence-corrected chi connectivity index (χ0v) is 20.6. The lowest BCUT2D eigenvalue weighted by atomic mass is 9.89. The molecule has 1 heterocycles. The van der Waals surface area contributed by atoms with Crippen LogP contribution in [-0.4, -0.2) is 69.2 Å². The van der Waals surface area contributed by atoms with Gasteiger partial charge in [0.05, 0.1) is 6.10 Å². The molecule has 0 bridgehead atoms. The third-order valence-corrected chi connectivity index (χ3v) is 6.48. The highest BCUT2D eigenvalue weighted by molar-refractivity contribution is 5.72.